The summed E-state index contributed by atoms with van der Waals surface area (Å²) in [5, 5.41) is 4.14. The van der Waals surface area contributed by atoms with Gasteiger partial charge in [-0.15, -0.1) is 0 Å². The number of likely N-dealkylation sites (tertiary alicyclic amines) is 1. The van der Waals surface area contributed by atoms with Crippen LogP contribution in [0.15, 0.2) is 36.7 Å². The first-order chi connectivity index (χ1) is 13.9. The first-order valence-electron chi connectivity index (χ1n) is 9.84. The fraction of sp³-hybridized carbons (Fsp3) is 0.429. The van der Waals surface area contributed by atoms with Gasteiger partial charge in [0.05, 0.1) is 12.2 Å². The van der Waals surface area contributed by atoms with Crippen LogP contribution >= 0.6 is 0 Å². The fourth-order valence-electron chi connectivity index (χ4n) is 4.20. The molecule has 6 nitrogen and oxygen atoms in total. The molecule has 29 heavy (non-hydrogen) atoms. The van der Waals surface area contributed by atoms with Crippen molar-refractivity contribution in [3.63, 3.8) is 0 Å². The van der Waals surface area contributed by atoms with Gasteiger partial charge < -0.3 is 4.90 Å². The zero-order valence-corrected chi connectivity index (χ0v) is 16.1. The van der Waals surface area contributed by atoms with Gasteiger partial charge in [-0.3, -0.25) is 4.79 Å². The van der Waals surface area contributed by atoms with E-state index in [1.807, 2.05) is 12.1 Å². The fourth-order valence-corrected chi connectivity index (χ4v) is 4.20. The van der Waals surface area contributed by atoms with Crippen LogP contribution in [0, 0.1) is 6.92 Å². The van der Waals surface area contributed by atoms with Crippen LogP contribution < -0.4 is 0 Å². The topological polar surface area (TPSA) is 63.4 Å². The van der Waals surface area contributed by atoms with Gasteiger partial charge in [0.1, 0.15) is 6.33 Å². The van der Waals surface area contributed by atoms with Gasteiger partial charge in [-0.2, -0.15) is 10.1 Å². The number of fused-ring (bicyclic) bond motifs is 1. The molecular formula is C21H21F2N5O. The first-order valence-corrected chi connectivity index (χ1v) is 9.84. The van der Waals surface area contributed by atoms with Crippen molar-refractivity contribution in [3.05, 3.63) is 59.2 Å². The number of hydrogen-bond acceptors (Lipinski definition) is 4. The highest BCUT2D eigenvalue weighted by atomic mass is 19.3. The molecular weight excluding hydrogens is 376 g/mol. The summed E-state index contributed by atoms with van der Waals surface area (Å²) in [5.41, 5.74) is 2.95. The second-order valence-electron chi connectivity index (χ2n) is 8.13. The third-order valence-electron chi connectivity index (χ3n) is 5.73. The van der Waals surface area contributed by atoms with Gasteiger partial charge in [0, 0.05) is 30.1 Å². The molecule has 1 amide bonds. The molecule has 1 atom stereocenters. The lowest BCUT2D eigenvalue weighted by Gasteiger charge is -2.37. The second kappa shape index (κ2) is 6.57. The van der Waals surface area contributed by atoms with E-state index in [0.29, 0.717) is 28.6 Å². The Bertz CT molecular complexity index is 1070. The van der Waals surface area contributed by atoms with Gasteiger partial charge in [0.2, 0.25) is 0 Å². The van der Waals surface area contributed by atoms with Crippen LogP contribution in [0.4, 0.5) is 8.78 Å². The second-order valence-corrected chi connectivity index (χ2v) is 8.13. The molecule has 0 spiro atoms. The van der Waals surface area contributed by atoms with Crippen molar-refractivity contribution in [1.82, 2.24) is 24.5 Å². The van der Waals surface area contributed by atoms with E-state index in [9.17, 15) is 13.6 Å². The molecule has 0 bridgehead atoms. The Morgan fingerprint density at radius 1 is 1.17 bits per heavy atom. The van der Waals surface area contributed by atoms with E-state index in [4.69, 9.17) is 0 Å². The van der Waals surface area contributed by atoms with E-state index in [2.05, 4.69) is 15.1 Å². The number of rotatable bonds is 3. The SMILES string of the molecule is Cc1cc(C2CN(C(=O)c3ccc(C4CC4)cc3)CC(F)(F)C2)n2ncnc2n1. The number of alkyl halides is 2. The number of carbonyl (C=O) groups is 1. The minimum absolute atomic E-state index is 0.206. The molecule has 1 aliphatic carbocycles. The Labute approximate surface area is 166 Å². The van der Waals surface area contributed by atoms with Crippen LogP contribution in [-0.2, 0) is 0 Å². The van der Waals surface area contributed by atoms with Crippen LogP contribution in [0.3, 0.4) is 0 Å². The summed E-state index contributed by atoms with van der Waals surface area (Å²) in [6.07, 6.45) is 3.37. The lowest BCUT2D eigenvalue weighted by Crippen LogP contribution is -2.49. The van der Waals surface area contributed by atoms with Crippen LogP contribution in [0.25, 0.3) is 5.78 Å². The molecule has 8 heteroatoms. The van der Waals surface area contributed by atoms with Crippen LogP contribution in [0.2, 0.25) is 0 Å². The van der Waals surface area contributed by atoms with E-state index in [1.54, 1.807) is 25.1 Å². The number of halogens is 2. The summed E-state index contributed by atoms with van der Waals surface area (Å²) in [4.78, 5) is 22.6. The number of carbonyl (C=O) groups excluding carboxylic acids is 1. The Balaban J connectivity index is 1.44. The summed E-state index contributed by atoms with van der Waals surface area (Å²) in [7, 11) is 0. The summed E-state index contributed by atoms with van der Waals surface area (Å²) in [5.74, 6) is -2.93. The maximum absolute atomic E-state index is 14.6. The van der Waals surface area contributed by atoms with Crippen molar-refractivity contribution in [3.8, 4) is 0 Å². The average molecular weight is 397 g/mol. The third-order valence-corrected chi connectivity index (χ3v) is 5.73. The molecule has 0 N–H and O–H groups in total. The summed E-state index contributed by atoms with van der Waals surface area (Å²) in [6.45, 7) is 1.43. The minimum Gasteiger partial charge on any atom is -0.332 e. The van der Waals surface area contributed by atoms with Crippen LogP contribution in [0.5, 0.6) is 0 Å². The maximum atomic E-state index is 14.6. The number of hydrogen-bond donors (Lipinski definition) is 0. The predicted octanol–water partition coefficient (Wildman–Crippen LogP) is 3.58. The van der Waals surface area contributed by atoms with E-state index in [-0.39, 0.29) is 18.9 Å². The molecule has 2 aliphatic rings. The lowest BCUT2D eigenvalue weighted by molar-refractivity contribution is -0.0641. The van der Waals surface area contributed by atoms with Gasteiger partial charge in [-0.1, -0.05) is 12.1 Å². The number of benzene rings is 1. The van der Waals surface area contributed by atoms with E-state index < -0.39 is 18.4 Å². The molecule has 2 fully saturated rings. The van der Waals surface area contributed by atoms with Crippen molar-refractivity contribution in [2.45, 2.75) is 43.9 Å². The molecule has 1 aliphatic heterocycles. The first kappa shape index (κ1) is 18.1. The Morgan fingerprint density at radius 3 is 2.66 bits per heavy atom. The highest BCUT2D eigenvalue weighted by Crippen LogP contribution is 2.40. The zero-order valence-electron chi connectivity index (χ0n) is 16.1. The average Bonchev–Trinajstić information content (AvgIpc) is 3.43. The molecule has 150 valence electrons. The largest absolute Gasteiger partial charge is 0.332 e. The van der Waals surface area contributed by atoms with Gasteiger partial charge >= 0.3 is 0 Å². The number of aryl methyl sites for hydroxylation is 1. The highest BCUT2D eigenvalue weighted by Gasteiger charge is 2.43. The summed E-state index contributed by atoms with van der Waals surface area (Å²) in [6, 6.07) is 9.14. The number of amides is 1. The van der Waals surface area contributed by atoms with Crippen molar-refractivity contribution in [2.75, 3.05) is 13.1 Å². The molecule has 2 aromatic heterocycles. The molecule has 1 saturated heterocycles. The molecule has 1 saturated carbocycles. The zero-order chi connectivity index (χ0) is 20.2. The highest BCUT2D eigenvalue weighted by molar-refractivity contribution is 5.94. The monoisotopic (exact) mass is 397 g/mol. The number of aromatic nitrogens is 4. The minimum atomic E-state index is -2.98. The molecule has 3 aromatic rings. The lowest BCUT2D eigenvalue weighted by atomic mass is 9.91. The smallest absolute Gasteiger partial charge is 0.266 e. The molecule has 5 rings (SSSR count). The van der Waals surface area contributed by atoms with Crippen molar-refractivity contribution in [1.29, 1.82) is 0 Å². The van der Waals surface area contributed by atoms with E-state index in [0.717, 1.165) is 0 Å². The van der Waals surface area contributed by atoms with Crippen LogP contribution in [-0.4, -0.2) is 49.4 Å². The predicted molar refractivity (Wildman–Crippen MR) is 102 cm³/mol. The molecule has 0 radical (unpaired) electrons. The Hall–Kier alpha value is -2.90. The molecule has 1 unspecified atom stereocenters. The number of piperidine rings is 1. The molecule has 3 heterocycles. The Morgan fingerprint density at radius 2 is 1.93 bits per heavy atom. The normalized spacial score (nSPS) is 21.5. The summed E-state index contributed by atoms with van der Waals surface area (Å²) < 4.78 is 30.7. The van der Waals surface area contributed by atoms with Gasteiger partial charge in [-0.05, 0) is 49.4 Å². The Kier molecular flexibility index (Phi) is 4.11. The van der Waals surface area contributed by atoms with E-state index in [1.165, 1.54) is 34.1 Å². The maximum Gasteiger partial charge on any atom is 0.266 e. The van der Waals surface area contributed by atoms with E-state index >= 15 is 0 Å². The summed E-state index contributed by atoms with van der Waals surface area (Å²) >= 11 is 0. The van der Waals surface area contributed by atoms with Gasteiger partial charge in [0.25, 0.3) is 17.6 Å². The van der Waals surface area contributed by atoms with Gasteiger partial charge in [0.15, 0.2) is 0 Å². The van der Waals surface area contributed by atoms with Crippen molar-refractivity contribution >= 4 is 11.7 Å². The van der Waals surface area contributed by atoms with Gasteiger partial charge in [-0.25, -0.2) is 18.3 Å². The van der Waals surface area contributed by atoms with Crippen molar-refractivity contribution in [2.24, 2.45) is 0 Å². The molecule has 1 aromatic carbocycles. The quantitative estimate of drug-likeness (QED) is 0.678. The third kappa shape index (κ3) is 3.47. The van der Waals surface area contributed by atoms with Crippen LogP contribution in [0.1, 0.15) is 58.4 Å². The standard InChI is InChI=1S/C21H21F2N5O/c1-13-8-18(28-20(26-13)24-12-25-28)17-9-21(22,23)11-27(10-17)19(29)16-6-4-15(5-7-16)14-2-3-14/h4-8,12,14,17H,2-3,9-11H2,1H3. The number of nitrogens with zero attached hydrogens (tertiary/aromatic N) is 5. The van der Waals surface area contributed by atoms with Crippen molar-refractivity contribution < 1.29 is 13.6 Å².